The van der Waals surface area contributed by atoms with Crippen LogP contribution in [0.1, 0.15) is 13.3 Å². The van der Waals surface area contributed by atoms with Gasteiger partial charge in [0.05, 0.1) is 12.2 Å². The Morgan fingerprint density at radius 3 is 2.50 bits per heavy atom. The van der Waals surface area contributed by atoms with E-state index in [0.29, 0.717) is 6.42 Å². The molecule has 3 atom stereocenters. The summed E-state index contributed by atoms with van der Waals surface area (Å²) < 4.78 is 5.00. The Labute approximate surface area is 50.3 Å². The molecule has 1 aliphatic rings. The highest BCUT2D eigenvalue weighted by Gasteiger charge is 2.26. The van der Waals surface area contributed by atoms with Crippen LogP contribution in [0.3, 0.4) is 0 Å². The SMILES string of the molecule is [B]C1OC(C)CC1O. The largest absolute Gasteiger partial charge is 0.391 e. The minimum atomic E-state index is -0.454. The fraction of sp³-hybridized carbons (Fsp3) is 1.00. The summed E-state index contributed by atoms with van der Waals surface area (Å²) in [5.41, 5.74) is 0. The van der Waals surface area contributed by atoms with Crippen molar-refractivity contribution in [2.75, 3.05) is 0 Å². The van der Waals surface area contributed by atoms with E-state index in [4.69, 9.17) is 17.7 Å². The van der Waals surface area contributed by atoms with Crippen LogP contribution >= 0.6 is 0 Å². The van der Waals surface area contributed by atoms with Gasteiger partial charge in [-0.25, -0.2) is 0 Å². The summed E-state index contributed by atoms with van der Waals surface area (Å²) in [5, 5.41) is 8.92. The number of hydrogen-bond donors (Lipinski definition) is 1. The molecule has 1 rings (SSSR count). The van der Waals surface area contributed by atoms with Crippen LogP contribution in [0, 0.1) is 0 Å². The lowest BCUT2D eigenvalue weighted by molar-refractivity contribution is 0.0678. The molecule has 1 N–H and O–H groups in total. The van der Waals surface area contributed by atoms with Crippen LogP contribution in [-0.2, 0) is 4.74 Å². The standard InChI is InChI=1S/C5H9BO2/c1-3-2-4(7)5(6)8-3/h3-5,7H,2H2,1H3. The molecule has 0 amide bonds. The van der Waals surface area contributed by atoms with Gasteiger partial charge >= 0.3 is 0 Å². The van der Waals surface area contributed by atoms with Crippen molar-refractivity contribution in [1.82, 2.24) is 0 Å². The zero-order valence-corrected chi connectivity index (χ0v) is 4.87. The Morgan fingerprint density at radius 1 is 1.75 bits per heavy atom. The van der Waals surface area contributed by atoms with Gasteiger partial charge in [-0.2, -0.15) is 0 Å². The van der Waals surface area contributed by atoms with E-state index >= 15 is 0 Å². The first-order valence-electron chi connectivity index (χ1n) is 2.79. The molecule has 0 aliphatic carbocycles. The molecule has 44 valence electrons. The molecule has 3 unspecified atom stereocenters. The second kappa shape index (κ2) is 2.07. The summed E-state index contributed by atoms with van der Waals surface area (Å²) in [6, 6.07) is -0.454. The molecule has 8 heavy (non-hydrogen) atoms. The molecule has 0 aromatic heterocycles. The van der Waals surface area contributed by atoms with Crippen molar-refractivity contribution in [3.63, 3.8) is 0 Å². The number of rotatable bonds is 0. The van der Waals surface area contributed by atoms with Gasteiger partial charge < -0.3 is 9.84 Å². The first kappa shape index (κ1) is 6.11. The average Bonchev–Trinajstić information content (AvgIpc) is 1.85. The number of aliphatic hydroxyl groups excluding tert-OH is 1. The van der Waals surface area contributed by atoms with Crippen LogP contribution in [0.25, 0.3) is 0 Å². The maximum atomic E-state index is 8.92. The molecular formula is C5H9BO2. The molecular weight excluding hydrogens is 103 g/mol. The lowest BCUT2D eigenvalue weighted by Crippen LogP contribution is -2.19. The van der Waals surface area contributed by atoms with E-state index in [-0.39, 0.29) is 6.10 Å². The fourth-order valence-electron chi connectivity index (χ4n) is 0.889. The molecule has 1 saturated heterocycles. The Morgan fingerprint density at radius 2 is 2.38 bits per heavy atom. The number of aliphatic hydroxyl groups is 1. The smallest absolute Gasteiger partial charge is 0.112 e. The van der Waals surface area contributed by atoms with Crippen molar-refractivity contribution in [1.29, 1.82) is 0 Å². The third-order valence-electron chi connectivity index (χ3n) is 1.34. The predicted molar refractivity (Wildman–Crippen MR) is 30.7 cm³/mol. The van der Waals surface area contributed by atoms with Crippen LogP contribution in [0.5, 0.6) is 0 Å². The Bertz CT molecular complexity index is 76.5. The molecule has 3 heteroatoms. The second-order valence-corrected chi connectivity index (χ2v) is 2.21. The highest BCUT2D eigenvalue weighted by molar-refractivity contribution is 6.11. The highest BCUT2D eigenvalue weighted by atomic mass is 16.5. The van der Waals surface area contributed by atoms with Crippen LogP contribution in [0.2, 0.25) is 0 Å². The molecule has 1 aliphatic heterocycles. The summed E-state index contributed by atoms with van der Waals surface area (Å²) in [4.78, 5) is 0. The molecule has 1 fully saturated rings. The van der Waals surface area contributed by atoms with E-state index in [9.17, 15) is 0 Å². The van der Waals surface area contributed by atoms with Crippen molar-refractivity contribution in [3.05, 3.63) is 0 Å². The molecule has 0 bridgehead atoms. The molecule has 2 radical (unpaired) electrons. The summed E-state index contributed by atoms with van der Waals surface area (Å²) in [5.74, 6) is 0. The van der Waals surface area contributed by atoms with Gasteiger partial charge in [-0.1, -0.05) is 0 Å². The van der Waals surface area contributed by atoms with Gasteiger partial charge in [-0.3, -0.25) is 0 Å². The topological polar surface area (TPSA) is 29.5 Å². The van der Waals surface area contributed by atoms with E-state index < -0.39 is 12.1 Å². The molecule has 0 aromatic carbocycles. The number of hydrogen-bond acceptors (Lipinski definition) is 2. The fourth-order valence-corrected chi connectivity index (χ4v) is 0.889. The van der Waals surface area contributed by atoms with Crippen molar-refractivity contribution in [2.45, 2.75) is 31.6 Å². The van der Waals surface area contributed by atoms with Crippen molar-refractivity contribution in [3.8, 4) is 0 Å². The Balaban J connectivity index is 2.39. The molecule has 2 nitrogen and oxygen atoms in total. The minimum absolute atomic E-state index is 0.125. The first-order valence-corrected chi connectivity index (χ1v) is 2.79. The van der Waals surface area contributed by atoms with Crippen LogP contribution in [0.15, 0.2) is 0 Å². The molecule has 0 spiro atoms. The van der Waals surface area contributed by atoms with E-state index in [1.807, 2.05) is 6.92 Å². The quantitative estimate of drug-likeness (QED) is 0.434. The van der Waals surface area contributed by atoms with E-state index in [1.54, 1.807) is 0 Å². The third kappa shape index (κ3) is 1.04. The second-order valence-electron chi connectivity index (χ2n) is 2.21. The summed E-state index contributed by atoms with van der Waals surface area (Å²) in [6.07, 6.45) is 0.339. The summed E-state index contributed by atoms with van der Waals surface area (Å²) >= 11 is 0. The van der Waals surface area contributed by atoms with Gasteiger partial charge in [0, 0.05) is 12.4 Å². The van der Waals surface area contributed by atoms with Gasteiger partial charge in [-0.15, -0.1) is 0 Å². The average molecular weight is 112 g/mol. The lowest BCUT2D eigenvalue weighted by atomic mass is 9.95. The monoisotopic (exact) mass is 112 g/mol. The van der Waals surface area contributed by atoms with Gasteiger partial charge in [0.2, 0.25) is 0 Å². The van der Waals surface area contributed by atoms with E-state index in [0.717, 1.165) is 0 Å². The van der Waals surface area contributed by atoms with Crippen LogP contribution in [-0.4, -0.2) is 31.2 Å². The zero-order chi connectivity index (χ0) is 6.15. The predicted octanol–water partition coefficient (Wildman–Crippen LogP) is -0.349. The maximum Gasteiger partial charge on any atom is 0.112 e. The van der Waals surface area contributed by atoms with Crippen molar-refractivity contribution < 1.29 is 9.84 Å². The minimum Gasteiger partial charge on any atom is -0.391 e. The van der Waals surface area contributed by atoms with Crippen LogP contribution in [0.4, 0.5) is 0 Å². The molecule has 0 saturated carbocycles. The number of ether oxygens (including phenoxy) is 1. The van der Waals surface area contributed by atoms with Gasteiger partial charge in [0.1, 0.15) is 7.85 Å². The maximum absolute atomic E-state index is 8.92. The first-order chi connectivity index (χ1) is 3.70. The van der Waals surface area contributed by atoms with E-state index in [2.05, 4.69) is 0 Å². The van der Waals surface area contributed by atoms with Crippen LogP contribution < -0.4 is 0 Å². The van der Waals surface area contributed by atoms with Gasteiger partial charge in [0.25, 0.3) is 0 Å². The lowest BCUT2D eigenvalue weighted by Gasteiger charge is -2.05. The van der Waals surface area contributed by atoms with Gasteiger partial charge in [0.15, 0.2) is 0 Å². The van der Waals surface area contributed by atoms with Gasteiger partial charge in [-0.05, 0) is 6.92 Å². The normalized spacial score (nSPS) is 47.5. The zero-order valence-electron chi connectivity index (χ0n) is 4.87. The molecule has 0 aromatic rings. The Hall–Kier alpha value is -0.0151. The highest BCUT2D eigenvalue weighted by Crippen LogP contribution is 2.16. The third-order valence-corrected chi connectivity index (χ3v) is 1.34. The summed E-state index contributed by atoms with van der Waals surface area (Å²) in [6.45, 7) is 1.90. The summed E-state index contributed by atoms with van der Waals surface area (Å²) in [7, 11) is 5.30. The van der Waals surface area contributed by atoms with Crippen molar-refractivity contribution >= 4 is 7.85 Å². The molecule has 1 heterocycles. The van der Waals surface area contributed by atoms with Crippen molar-refractivity contribution in [2.24, 2.45) is 0 Å². The Kier molecular flexibility index (Phi) is 1.58. The van der Waals surface area contributed by atoms with E-state index in [1.165, 1.54) is 0 Å².